The Bertz CT molecular complexity index is 11.6. The third-order valence-corrected chi connectivity index (χ3v) is 0. The summed E-state index contributed by atoms with van der Waals surface area (Å²) in [7, 11) is 0. The summed E-state index contributed by atoms with van der Waals surface area (Å²) in [5, 5.41) is 0. The van der Waals surface area contributed by atoms with Crippen LogP contribution in [0.4, 0.5) is 0 Å². The molecule has 0 amide bonds. The minimum absolute atomic E-state index is 0. The van der Waals surface area contributed by atoms with Crippen molar-refractivity contribution in [3.05, 3.63) is 0 Å². The average Bonchev–Trinajstić information content (AvgIpc) is 0. The Hall–Kier alpha value is 4.34. The maximum atomic E-state index is 0. The van der Waals surface area contributed by atoms with Gasteiger partial charge in [0.1, 0.15) is 0 Å². The molecule has 0 aliphatic rings. The average molecular weight is 504 g/mol. The fourth-order valence-corrected chi connectivity index (χ4v) is 0. The zero-order chi connectivity index (χ0) is 0. The second-order valence-electron chi connectivity index (χ2n) is 0. The van der Waals surface area contributed by atoms with Crippen LogP contribution in [-0.4, -0.2) is 84.0 Å². The van der Waals surface area contributed by atoms with Gasteiger partial charge >= 0.3 is 0 Å². The molecule has 0 nitrogen and oxygen atoms in total. The molecule has 0 heterocycles. The maximum absolute atomic E-state index is 0. The van der Waals surface area contributed by atoms with Crippen molar-refractivity contribution < 1.29 is 53.7 Å². The first-order valence-electron chi connectivity index (χ1n) is 0. The fourth-order valence-electron chi connectivity index (χ4n) is 0. The van der Waals surface area contributed by atoms with E-state index in [2.05, 4.69) is 0 Å². The van der Waals surface area contributed by atoms with E-state index < -0.39 is 0 Å². The Balaban J connectivity index is 0. The normalized spacial score (nSPS) is 0. The van der Waals surface area contributed by atoms with Crippen molar-refractivity contribution in [3.63, 3.8) is 0 Å². The molecule has 0 aromatic carbocycles. The number of hydrogen-bond donors (Lipinski definition) is 0. The molecule has 30 valence electrons. The van der Waals surface area contributed by atoms with E-state index >= 15 is 0 Å². The zero-order valence-electron chi connectivity index (χ0n) is 2.60. The molecule has 0 unspecified atom stereocenters. The first-order valence-corrected chi connectivity index (χ1v) is 0. The summed E-state index contributed by atoms with van der Waals surface area (Å²) in [6, 6.07) is 0. The van der Waals surface area contributed by atoms with Gasteiger partial charge in [0.05, 0.1) is 0 Å². The smallest absolute Gasteiger partial charge is 0 e. The molecule has 0 aliphatic heterocycles. The monoisotopic (exact) mass is 504 g/mol. The molecule has 0 N–H and O–H groups in total. The summed E-state index contributed by atoms with van der Waals surface area (Å²) in [6.45, 7) is 0. The van der Waals surface area contributed by atoms with Crippen LogP contribution in [0.5, 0.6) is 0 Å². The molecular weight excluding hydrogens is 504 g/mol. The summed E-state index contributed by atoms with van der Waals surface area (Å²) < 4.78 is 0. The van der Waals surface area contributed by atoms with E-state index in [1.165, 1.54) is 0 Å². The third-order valence-electron chi connectivity index (χ3n) is 0. The Morgan fingerprint density at radius 2 is 1.00 bits per heavy atom. The second kappa shape index (κ2) is 23.9. The molecule has 0 rings (SSSR count). The summed E-state index contributed by atoms with van der Waals surface area (Å²) in [5.41, 5.74) is 0. The molecule has 5 heavy (non-hydrogen) atoms. The molecule has 5 heteroatoms. The molecule has 6 radical (unpaired) electrons. The van der Waals surface area contributed by atoms with Crippen LogP contribution >= 0.6 is 0 Å². The van der Waals surface area contributed by atoms with Crippen LogP contribution in [0.15, 0.2) is 0 Å². The van der Waals surface area contributed by atoms with Crippen molar-refractivity contribution in [2.45, 2.75) is 0 Å². The van der Waals surface area contributed by atoms with Crippen molar-refractivity contribution in [2.24, 2.45) is 0 Å². The van der Waals surface area contributed by atoms with Crippen molar-refractivity contribution in [1.82, 2.24) is 0 Å². The third kappa shape index (κ3) is 17.8. The first-order chi connectivity index (χ1) is 0. The van der Waals surface area contributed by atoms with Gasteiger partial charge in [0.15, 0.2) is 0 Å². The van der Waals surface area contributed by atoms with E-state index in [9.17, 15) is 0 Å². The van der Waals surface area contributed by atoms with Crippen LogP contribution in [0.2, 0.25) is 0 Å². The molecule has 0 aliphatic carbocycles. The van der Waals surface area contributed by atoms with Crippen molar-refractivity contribution in [3.8, 4) is 0 Å². The van der Waals surface area contributed by atoms with E-state index in [0.717, 1.165) is 0 Å². The van der Waals surface area contributed by atoms with Gasteiger partial charge in [0, 0.05) is 138 Å². The summed E-state index contributed by atoms with van der Waals surface area (Å²) in [4.78, 5) is 0. The Labute approximate surface area is 134 Å². The predicted octanol–water partition coefficient (Wildman–Crippen LogP) is -0.769. The summed E-state index contributed by atoms with van der Waals surface area (Å²) in [5.74, 6) is 0. The van der Waals surface area contributed by atoms with Crippen LogP contribution < -0.4 is 0 Å². The zero-order valence-corrected chi connectivity index (χ0v) is 15.6. The SMILES string of the molecule is [Co].[In].[Ni].[Rb].[Re]. The van der Waals surface area contributed by atoms with Gasteiger partial charge in [-0.15, -0.1) is 0 Å². The first kappa shape index (κ1) is 34.5. The van der Waals surface area contributed by atoms with Gasteiger partial charge in [-0.2, -0.15) is 0 Å². The van der Waals surface area contributed by atoms with Gasteiger partial charge < -0.3 is 0 Å². The largest absolute Gasteiger partial charge is 0 e. The minimum atomic E-state index is 0. The molecule has 0 aromatic rings. The van der Waals surface area contributed by atoms with E-state index in [1.54, 1.807) is 0 Å². The maximum Gasteiger partial charge on any atom is 0 e. The molecule has 0 saturated carbocycles. The van der Waals surface area contributed by atoms with Gasteiger partial charge in [-0.25, -0.2) is 0 Å². The molecule has 0 saturated heterocycles. The van der Waals surface area contributed by atoms with Crippen molar-refractivity contribution in [1.29, 1.82) is 0 Å². The molecule has 0 bridgehead atoms. The predicted molar refractivity (Wildman–Crippen MR) is 11.5 cm³/mol. The van der Waals surface area contributed by atoms with Crippen LogP contribution in [0.25, 0.3) is 0 Å². The Morgan fingerprint density at radius 1 is 1.00 bits per heavy atom. The minimum Gasteiger partial charge on any atom is 0 e. The Morgan fingerprint density at radius 3 is 1.00 bits per heavy atom. The summed E-state index contributed by atoms with van der Waals surface area (Å²) in [6.07, 6.45) is 0. The van der Waals surface area contributed by atoms with Crippen LogP contribution in [0, 0.1) is 0 Å². The van der Waals surface area contributed by atoms with Gasteiger partial charge in [-0.05, 0) is 0 Å². The molecule has 0 spiro atoms. The van der Waals surface area contributed by atoms with Gasteiger partial charge in [-0.1, -0.05) is 0 Å². The van der Waals surface area contributed by atoms with Crippen molar-refractivity contribution >= 4 is 84.0 Å². The van der Waals surface area contributed by atoms with E-state index in [-0.39, 0.29) is 138 Å². The van der Waals surface area contributed by atoms with E-state index in [1.807, 2.05) is 0 Å². The molecule has 0 fully saturated rings. The van der Waals surface area contributed by atoms with Crippen LogP contribution in [-0.2, 0) is 53.7 Å². The topological polar surface area (TPSA) is 0 Å². The molecule has 0 atom stereocenters. The van der Waals surface area contributed by atoms with Gasteiger partial charge in [0.2, 0.25) is 0 Å². The standard InChI is InChI=1S/Co.In.Ni.Rb.Re. The quantitative estimate of drug-likeness (QED) is 0.381. The van der Waals surface area contributed by atoms with Crippen LogP contribution in [0.1, 0.15) is 0 Å². The van der Waals surface area contributed by atoms with Gasteiger partial charge in [0.25, 0.3) is 0 Å². The van der Waals surface area contributed by atoms with E-state index in [0.29, 0.717) is 0 Å². The Kier molecular flexibility index (Phi) is 165. The number of hydrogen-bond acceptors (Lipinski definition) is 0. The van der Waals surface area contributed by atoms with Crippen molar-refractivity contribution in [2.75, 3.05) is 0 Å². The molecule has 0 aromatic heterocycles. The number of rotatable bonds is 0. The van der Waals surface area contributed by atoms with Crippen LogP contribution in [0.3, 0.4) is 0 Å². The fraction of sp³-hybridized carbons (Fsp3) is 0. The summed E-state index contributed by atoms with van der Waals surface area (Å²) >= 11 is 0. The van der Waals surface area contributed by atoms with E-state index in [4.69, 9.17) is 0 Å². The second-order valence-corrected chi connectivity index (χ2v) is 0. The van der Waals surface area contributed by atoms with Gasteiger partial charge in [-0.3, -0.25) is 0 Å². The molecular formula is CoInNiRbRe.